The highest BCUT2D eigenvalue weighted by atomic mass is 79.9. The fraction of sp³-hybridized carbons (Fsp3) is 0.350. The summed E-state index contributed by atoms with van der Waals surface area (Å²) in [6, 6.07) is 15.5. The Morgan fingerprint density at radius 3 is 2.68 bits per heavy atom. The summed E-state index contributed by atoms with van der Waals surface area (Å²) in [5.41, 5.74) is 2.13. The molecule has 1 fully saturated rings. The molecule has 0 spiro atoms. The summed E-state index contributed by atoms with van der Waals surface area (Å²) >= 11 is 3.54. The zero-order valence-electron chi connectivity index (χ0n) is 14.2. The van der Waals surface area contributed by atoms with Crippen LogP contribution in [-0.2, 0) is 4.79 Å². The number of aliphatic carboxylic acids is 1. The van der Waals surface area contributed by atoms with Crippen LogP contribution < -0.4 is 4.74 Å². The second kappa shape index (κ2) is 8.02. The summed E-state index contributed by atoms with van der Waals surface area (Å²) < 4.78 is 6.64. The predicted octanol–water partition coefficient (Wildman–Crippen LogP) is 4.49. The molecule has 0 amide bonds. The number of carboxylic acid groups (broad SMARTS) is 1. The summed E-state index contributed by atoms with van der Waals surface area (Å²) in [5.74, 6) is 0.0597. The number of carbonyl (C=O) groups is 1. The number of benzene rings is 2. The van der Waals surface area contributed by atoms with E-state index in [2.05, 4.69) is 33.0 Å². The van der Waals surface area contributed by atoms with E-state index >= 15 is 0 Å². The van der Waals surface area contributed by atoms with Crippen LogP contribution in [-0.4, -0.2) is 35.2 Å². The smallest absolute Gasteiger partial charge is 0.320 e. The van der Waals surface area contributed by atoms with Crippen LogP contribution >= 0.6 is 15.9 Å². The van der Waals surface area contributed by atoms with Gasteiger partial charge in [0.2, 0.25) is 0 Å². The first kappa shape index (κ1) is 18.0. The van der Waals surface area contributed by atoms with Gasteiger partial charge in [-0.3, -0.25) is 9.69 Å². The van der Waals surface area contributed by atoms with Gasteiger partial charge in [0.25, 0.3) is 0 Å². The molecule has 132 valence electrons. The van der Waals surface area contributed by atoms with Crippen LogP contribution in [0.5, 0.6) is 5.75 Å². The van der Waals surface area contributed by atoms with Crippen molar-refractivity contribution in [1.82, 2.24) is 4.90 Å². The second-order valence-corrected chi connectivity index (χ2v) is 7.11. The molecule has 0 saturated carbocycles. The third kappa shape index (κ3) is 4.05. The normalized spacial score (nSPS) is 18.9. The lowest BCUT2D eigenvalue weighted by Gasteiger charge is -2.32. The molecule has 1 aliphatic heterocycles. The first-order valence-corrected chi connectivity index (χ1v) is 9.36. The van der Waals surface area contributed by atoms with Crippen molar-refractivity contribution < 1.29 is 14.6 Å². The largest absolute Gasteiger partial charge is 0.494 e. The highest BCUT2D eigenvalue weighted by Gasteiger charge is 2.36. The molecule has 2 aromatic carbocycles. The Hall–Kier alpha value is -1.85. The molecule has 25 heavy (non-hydrogen) atoms. The van der Waals surface area contributed by atoms with Crippen LogP contribution in [0.2, 0.25) is 0 Å². The van der Waals surface area contributed by atoms with Gasteiger partial charge in [0, 0.05) is 11.0 Å². The molecular formula is C20H22BrNO3. The lowest BCUT2D eigenvalue weighted by Crippen LogP contribution is -2.39. The maximum atomic E-state index is 11.7. The van der Waals surface area contributed by atoms with Crippen molar-refractivity contribution in [3.8, 4) is 5.75 Å². The van der Waals surface area contributed by atoms with Gasteiger partial charge in [-0.2, -0.15) is 0 Å². The minimum atomic E-state index is -0.751. The number of likely N-dealkylation sites (tertiary alicyclic amines) is 1. The molecule has 2 unspecified atom stereocenters. The van der Waals surface area contributed by atoms with Gasteiger partial charge < -0.3 is 9.84 Å². The van der Waals surface area contributed by atoms with Crippen molar-refractivity contribution in [3.63, 3.8) is 0 Å². The minimum Gasteiger partial charge on any atom is -0.494 e. The zero-order chi connectivity index (χ0) is 17.8. The average Bonchev–Trinajstić information content (AvgIpc) is 3.05. The van der Waals surface area contributed by atoms with E-state index in [9.17, 15) is 9.90 Å². The predicted molar refractivity (Wildman–Crippen MR) is 101 cm³/mol. The van der Waals surface area contributed by atoms with E-state index in [0.29, 0.717) is 13.0 Å². The monoisotopic (exact) mass is 403 g/mol. The number of halogens is 1. The molecule has 3 rings (SSSR count). The van der Waals surface area contributed by atoms with Crippen LogP contribution in [0.1, 0.15) is 36.9 Å². The minimum absolute atomic E-state index is 0.110. The molecule has 0 radical (unpaired) electrons. The van der Waals surface area contributed by atoms with Crippen molar-refractivity contribution in [2.75, 3.05) is 13.2 Å². The maximum absolute atomic E-state index is 11.7. The quantitative estimate of drug-likeness (QED) is 0.771. The standard InChI is InChI=1S/C20H22BrNO3/c1-2-25-17-9-4-7-15(13-17)19(14-6-3-8-16(21)12-14)22-11-5-10-18(22)20(23)24/h3-4,6-9,12-13,18-19H,2,5,10-11H2,1H3,(H,23,24). The first-order valence-electron chi connectivity index (χ1n) is 8.57. The molecule has 0 aliphatic carbocycles. The molecule has 2 aromatic rings. The summed E-state index contributed by atoms with van der Waals surface area (Å²) in [4.78, 5) is 13.8. The van der Waals surface area contributed by atoms with Crippen molar-refractivity contribution in [2.24, 2.45) is 0 Å². The SMILES string of the molecule is CCOc1cccc(C(c2cccc(Br)c2)N2CCCC2C(=O)O)c1. The molecule has 1 aliphatic rings. The zero-order valence-corrected chi connectivity index (χ0v) is 15.8. The second-order valence-electron chi connectivity index (χ2n) is 6.20. The molecular weight excluding hydrogens is 382 g/mol. The van der Waals surface area contributed by atoms with E-state index in [-0.39, 0.29) is 6.04 Å². The van der Waals surface area contributed by atoms with E-state index in [1.165, 1.54) is 0 Å². The van der Waals surface area contributed by atoms with E-state index < -0.39 is 12.0 Å². The van der Waals surface area contributed by atoms with Gasteiger partial charge in [-0.1, -0.05) is 40.2 Å². The number of hydrogen-bond acceptors (Lipinski definition) is 3. The van der Waals surface area contributed by atoms with Crippen LogP contribution in [0.15, 0.2) is 53.0 Å². The average molecular weight is 404 g/mol. The fourth-order valence-electron chi connectivity index (χ4n) is 3.56. The van der Waals surface area contributed by atoms with Crippen molar-refractivity contribution in [3.05, 3.63) is 64.1 Å². The fourth-order valence-corrected chi connectivity index (χ4v) is 3.97. The Morgan fingerprint density at radius 1 is 1.28 bits per heavy atom. The third-order valence-electron chi connectivity index (χ3n) is 4.56. The van der Waals surface area contributed by atoms with Crippen LogP contribution in [0, 0.1) is 0 Å². The van der Waals surface area contributed by atoms with Crippen molar-refractivity contribution in [1.29, 1.82) is 0 Å². The first-order chi connectivity index (χ1) is 12.1. The van der Waals surface area contributed by atoms with Crippen molar-refractivity contribution in [2.45, 2.75) is 31.8 Å². The Labute approximate surface area is 156 Å². The van der Waals surface area contributed by atoms with Gasteiger partial charge in [-0.25, -0.2) is 0 Å². The number of nitrogens with zero attached hydrogens (tertiary/aromatic N) is 1. The molecule has 0 bridgehead atoms. The molecule has 5 heteroatoms. The summed E-state index contributed by atoms with van der Waals surface area (Å²) in [5, 5.41) is 9.64. The number of carboxylic acids is 1. The highest BCUT2D eigenvalue weighted by Crippen LogP contribution is 2.36. The van der Waals surface area contributed by atoms with Gasteiger partial charge >= 0.3 is 5.97 Å². The summed E-state index contributed by atoms with van der Waals surface area (Å²) in [7, 11) is 0. The number of ether oxygens (including phenoxy) is 1. The molecule has 0 aromatic heterocycles. The Bertz CT molecular complexity index is 749. The highest BCUT2D eigenvalue weighted by molar-refractivity contribution is 9.10. The van der Waals surface area contributed by atoms with Crippen LogP contribution in [0.25, 0.3) is 0 Å². The molecule has 1 heterocycles. The maximum Gasteiger partial charge on any atom is 0.320 e. The van der Waals surface area contributed by atoms with Gasteiger partial charge in [-0.05, 0) is 55.2 Å². The van der Waals surface area contributed by atoms with Gasteiger partial charge in [0.05, 0.1) is 12.6 Å². The Kier molecular flexibility index (Phi) is 5.76. The summed E-state index contributed by atoms with van der Waals surface area (Å²) in [6.45, 7) is 3.33. The number of rotatable bonds is 6. The van der Waals surface area contributed by atoms with E-state index in [1.807, 2.05) is 43.3 Å². The Morgan fingerprint density at radius 2 is 2.00 bits per heavy atom. The van der Waals surface area contributed by atoms with E-state index in [0.717, 1.165) is 34.3 Å². The van der Waals surface area contributed by atoms with E-state index in [1.54, 1.807) is 0 Å². The Balaban J connectivity index is 2.06. The van der Waals surface area contributed by atoms with Gasteiger partial charge in [0.15, 0.2) is 0 Å². The third-order valence-corrected chi connectivity index (χ3v) is 5.05. The lowest BCUT2D eigenvalue weighted by atomic mass is 9.96. The topological polar surface area (TPSA) is 49.8 Å². The van der Waals surface area contributed by atoms with Crippen LogP contribution in [0.3, 0.4) is 0 Å². The molecule has 4 nitrogen and oxygen atoms in total. The van der Waals surface area contributed by atoms with Gasteiger partial charge in [0.1, 0.15) is 11.8 Å². The lowest BCUT2D eigenvalue weighted by molar-refractivity contribution is -0.142. The van der Waals surface area contributed by atoms with E-state index in [4.69, 9.17) is 4.74 Å². The van der Waals surface area contributed by atoms with Crippen molar-refractivity contribution >= 4 is 21.9 Å². The number of hydrogen-bond donors (Lipinski definition) is 1. The summed E-state index contributed by atoms with van der Waals surface area (Å²) in [6.07, 6.45) is 1.58. The molecule has 1 N–H and O–H groups in total. The molecule has 1 saturated heterocycles. The van der Waals surface area contributed by atoms with Crippen LogP contribution in [0.4, 0.5) is 0 Å². The molecule has 2 atom stereocenters. The van der Waals surface area contributed by atoms with Gasteiger partial charge in [-0.15, -0.1) is 0 Å².